The zero-order valence-electron chi connectivity index (χ0n) is 45.1. The Labute approximate surface area is 479 Å². The minimum atomic E-state index is -0.467. The van der Waals surface area contributed by atoms with Gasteiger partial charge in [-0.2, -0.15) is 0 Å². The topological polar surface area (TPSA) is 233 Å². The highest BCUT2D eigenvalue weighted by Crippen LogP contribution is 2.43. The average Bonchev–Trinajstić information content (AvgIpc) is 4.18. The number of ether oxygens (including phenoxy) is 4. The first-order chi connectivity index (χ1) is 38.5. The maximum Gasteiger partial charge on any atom is 0.286 e. The lowest BCUT2D eigenvalue weighted by Gasteiger charge is -2.37. The molecule has 6 aromatic rings. The van der Waals surface area contributed by atoms with Crippen LogP contribution in [0.4, 0.5) is 20.2 Å². The number of hydrogen-bond donors (Lipinski definition) is 5. The third-order valence-electron chi connectivity index (χ3n) is 13.7. The quantitative estimate of drug-likeness (QED) is 0.0475. The van der Waals surface area contributed by atoms with Gasteiger partial charge in [0.25, 0.3) is 15.7 Å². The lowest BCUT2D eigenvalue weighted by Crippen LogP contribution is -2.42. The van der Waals surface area contributed by atoms with Crippen molar-refractivity contribution in [1.29, 1.82) is 0 Å². The minimum Gasteiger partial charge on any atom is -0.507 e. The first-order valence-corrected chi connectivity index (χ1v) is 28.9. The van der Waals surface area contributed by atoms with Crippen LogP contribution in [0.15, 0.2) is 116 Å². The highest BCUT2D eigenvalue weighted by molar-refractivity contribution is 8.16. The summed E-state index contributed by atoms with van der Waals surface area (Å²) in [5.74, 6) is 3.66. The maximum atomic E-state index is 11.7. The highest BCUT2D eigenvalue weighted by Gasteiger charge is 2.36. The van der Waals surface area contributed by atoms with E-state index < -0.39 is 5.60 Å². The number of anilines is 1. The van der Waals surface area contributed by atoms with Gasteiger partial charge in [0.05, 0.1) is 28.9 Å². The number of pyridine rings is 2. The molecule has 0 bridgehead atoms. The molecule has 20 heteroatoms. The number of amides is 6. The number of rotatable bonds is 19. The van der Waals surface area contributed by atoms with E-state index in [4.69, 9.17) is 18.9 Å². The summed E-state index contributed by atoms with van der Waals surface area (Å²) in [5, 5.41) is 18.5. The monoisotopic (exact) mass is 1140 g/mol. The standard InChI is InChI=1S/C24H27NO5S.C19H20N2O3S.C17H17N3O3S.H2/c1-13-14(2)21-18(15(3)20(13)26)9-10-24(4,30-21)12-29-17-7-5-16(6-8-17)11-19-22(27)25-23(28)31-19;1-2-13-3-6-15(20-12-13)9-10-24-16-7-4-14(5-8-16)11-17-18(22)21-19(23)25-17;21-16-14(24-17(22)20-16)11-12-4-6-13(7-5-12)23-10-9-19-15-3-1-2-8-18-15;/h5-8,19,26H,9-12H2,1-4H3,(H,25,27,28);3-8,12,17H,2,9-11H2,1H3,(H,21,22,23);1-8,14H,9-11H2,(H,18,19)(H,20,21,22);1H. The van der Waals surface area contributed by atoms with Crippen LogP contribution in [0.5, 0.6) is 28.7 Å². The first-order valence-electron chi connectivity index (χ1n) is 26.3. The van der Waals surface area contributed by atoms with Gasteiger partial charge in [-0.15, -0.1) is 0 Å². The Balaban J connectivity index is 0.000000176. The second-order valence-electron chi connectivity index (χ2n) is 19.7. The van der Waals surface area contributed by atoms with E-state index in [-0.39, 0.29) is 50.6 Å². The van der Waals surface area contributed by atoms with Crippen LogP contribution < -0.4 is 40.2 Å². The number of aromatic hydroxyl groups is 1. The summed E-state index contributed by atoms with van der Waals surface area (Å²) in [5.41, 5.74) is 8.56. The van der Waals surface area contributed by atoms with Crippen molar-refractivity contribution >= 4 is 74.5 Å². The molecular weight excluding hydrogens is 1080 g/mol. The zero-order valence-corrected chi connectivity index (χ0v) is 47.6. The van der Waals surface area contributed by atoms with Crippen molar-refractivity contribution in [2.24, 2.45) is 0 Å². The minimum absolute atomic E-state index is 0. The number of thioether (sulfide) groups is 3. The predicted molar refractivity (Wildman–Crippen MR) is 314 cm³/mol. The molecule has 80 heavy (non-hydrogen) atoms. The third-order valence-corrected chi connectivity index (χ3v) is 16.7. The molecule has 420 valence electrons. The molecule has 5 N–H and O–H groups in total. The normalized spacial score (nSPS) is 19.0. The fourth-order valence-electron chi connectivity index (χ4n) is 8.92. The van der Waals surface area contributed by atoms with E-state index in [1.165, 1.54) is 5.56 Å². The Kier molecular flexibility index (Phi) is 20.2. The molecule has 0 aliphatic carbocycles. The summed E-state index contributed by atoms with van der Waals surface area (Å²) in [6.07, 6.45) is 8.59. The van der Waals surface area contributed by atoms with Crippen LogP contribution in [0.3, 0.4) is 0 Å². The van der Waals surface area contributed by atoms with Gasteiger partial charge in [0.1, 0.15) is 53.4 Å². The summed E-state index contributed by atoms with van der Waals surface area (Å²) < 4.78 is 23.9. The number of aromatic nitrogens is 2. The highest BCUT2D eigenvalue weighted by atomic mass is 32.2. The van der Waals surface area contributed by atoms with E-state index >= 15 is 0 Å². The Bertz CT molecular complexity index is 3180. The van der Waals surface area contributed by atoms with Gasteiger partial charge in [-0.3, -0.25) is 49.7 Å². The number of carbonyl (C=O) groups excluding carboxylic acids is 6. The van der Waals surface area contributed by atoms with Crippen LogP contribution in [0.2, 0.25) is 0 Å². The van der Waals surface area contributed by atoms with Gasteiger partial charge in [0.2, 0.25) is 17.7 Å². The molecule has 3 saturated heterocycles. The molecule has 4 aliphatic heterocycles. The molecule has 6 heterocycles. The number of fused-ring (bicyclic) bond motifs is 1. The van der Waals surface area contributed by atoms with Gasteiger partial charge < -0.3 is 29.4 Å². The van der Waals surface area contributed by atoms with Gasteiger partial charge >= 0.3 is 0 Å². The second-order valence-corrected chi connectivity index (χ2v) is 23.2. The van der Waals surface area contributed by atoms with Crippen molar-refractivity contribution in [3.8, 4) is 28.7 Å². The Morgan fingerprint density at radius 1 is 0.637 bits per heavy atom. The maximum absolute atomic E-state index is 11.7. The molecule has 0 saturated carbocycles. The molecule has 4 aromatic carbocycles. The number of hydrogen-bond acceptors (Lipinski definition) is 17. The van der Waals surface area contributed by atoms with E-state index in [0.29, 0.717) is 51.4 Å². The summed E-state index contributed by atoms with van der Waals surface area (Å²) in [6, 6.07) is 32.6. The molecular formula is C60H66N6O11S3. The van der Waals surface area contributed by atoms with Crippen molar-refractivity contribution in [3.63, 3.8) is 0 Å². The molecule has 4 aliphatic rings. The van der Waals surface area contributed by atoms with Crippen molar-refractivity contribution in [2.45, 2.75) is 101 Å². The molecule has 3 fully saturated rings. The smallest absolute Gasteiger partial charge is 0.286 e. The Hall–Kier alpha value is -7.55. The number of imide groups is 3. The molecule has 4 unspecified atom stereocenters. The van der Waals surface area contributed by atoms with E-state index in [1.807, 2.05) is 131 Å². The molecule has 0 radical (unpaired) electrons. The van der Waals surface area contributed by atoms with Crippen molar-refractivity contribution in [3.05, 3.63) is 166 Å². The summed E-state index contributed by atoms with van der Waals surface area (Å²) in [4.78, 5) is 77.1. The molecule has 0 spiro atoms. The van der Waals surface area contributed by atoms with Gasteiger partial charge in [-0.1, -0.05) is 90.7 Å². The van der Waals surface area contributed by atoms with Crippen molar-refractivity contribution < 1.29 is 54.2 Å². The average molecular weight is 1140 g/mol. The Morgan fingerprint density at radius 2 is 1.14 bits per heavy atom. The van der Waals surface area contributed by atoms with Gasteiger partial charge in [-0.25, -0.2) is 4.98 Å². The van der Waals surface area contributed by atoms with E-state index in [2.05, 4.69) is 44.2 Å². The van der Waals surface area contributed by atoms with E-state index in [9.17, 15) is 33.9 Å². The van der Waals surface area contributed by atoms with Crippen LogP contribution in [-0.4, -0.2) is 96.2 Å². The SMILES string of the molecule is CCc1ccc(CCOc2ccc(CC3SC(=O)NC3=O)cc2)nc1.Cc1c(C)c2c(c(C)c1O)CCC(C)(COc1ccc(CC3SC(=O)NC3=O)cc1)O2.O=C1NC(=O)C(Cc2ccc(OCCNc3ccccn3)cc2)S1.[HH]. The molecule has 4 atom stereocenters. The van der Waals surface area contributed by atoms with Gasteiger partial charge in [0.15, 0.2) is 0 Å². The third kappa shape index (κ3) is 16.3. The zero-order chi connectivity index (χ0) is 56.8. The molecule has 6 amide bonds. The van der Waals surface area contributed by atoms with Crippen molar-refractivity contribution in [1.82, 2.24) is 25.9 Å². The Morgan fingerprint density at radius 3 is 1.59 bits per heavy atom. The van der Waals surface area contributed by atoms with Crippen LogP contribution in [0.25, 0.3) is 0 Å². The number of phenolic OH excluding ortho intramolecular Hbond substituents is 1. The lowest BCUT2D eigenvalue weighted by molar-refractivity contribution is -0.119. The fourth-order valence-corrected chi connectivity index (χ4v) is 11.5. The number of benzene rings is 4. The first kappa shape index (κ1) is 58.6. The number of aryl methyl sites for hydroxylation is 1. The lowest BCUT2D eigenvalue weighted by atomic mass is 9.87. The molecule has 17 nitrogen and oxygen atoms in total. The summed E-state index contributed by atoms with van der Waals surface area (Å²) >= 11 is 3.13. The number of carbonyl (C=O) groups is 6. The van der Waals surface area contributed by atoms with Gasteiger partial charge in [0, 0.05) is 31.5 Å². The summed E-state index contributed by atoms with van der Waals surface area (Å²) in [7, 11) is 0. The number of nitrogens with zero attached hydrogens (tertiary/aromatic N) is 2. The van der Waals surface area contributed by atoms with Crippen molar-refractivity contribution in [2.75, 3.05) is 31.7 Å². The fraction of sp³-hybridized carbons (Fsp3) is 0.333. The second kappa shape index (κ2) is 27.6. The number of nitrogens with one attached hydrogen (secondary N) is 4. The molecule has 10 rings (SSSR count). The van der Waals surface area contributed by atoms with E-state index in [0.717, 1.165) is 134 Å². The predicted octanol–water partition coefficient (Wildman–Crippen LogP) is 10.2. The summed E-state index contributed by atoms with van der Waals surface area (Å²) in [6.45, 7) is 12.1. The van der Waals surface area contributed by atoms with Crippen LogP contribution in [-0.2, 0) is 52.9 Å². The number of phenols is 1. The van der Waals surface area contributed by atoms with Crippen LogP contribution in [0, 0.1) is 20.8 Å². The largest absolute Gasteiger partial charge is 0.507 e. The molecule has 2 aromatic heterocycles. The van der Waals surface area contributed by atoms with Crippen LogP contribution >= 0.6 is 35.3 Å². The van der Waals surface area contributed by atoms with E-state index in [1.54, 1.807) is 6.20 Å². The van der Waals surface area contributed by atoms with Crippen LogP contribution in [0.1, 0.15) is 71.9 Å². The van der Waals surface area contributed by atoms with Gasteiger partial charge in [-0.05, 0) is 160 Å².